The van der Waals surface area contributed by atoms with E-state index in [9.17, 15) is 4.79 Å². The second kappa shape index (κ2) is 5.47. The molecule has 4 nitrogen and oxygen atoms in total. The van der Waals surface area contributed by atoms with Crippen LogP contribution in [0.2, 0.25) is 0 Å². The topological polar surface area (TPSA) is 69.6 Å². The number of nitrogens with one attached hydrogen (secondary N) is 1. The van der Waals surface area contributed by atoms with Gasteiger partial charge in [0.1, 0.15) is 6.04 Å². The summed E-state index contributed by atoms with van der Waals surface area (Å²) in [5.74, 6) is -0.0632. The van der Waals surface area contributed by atoms with Crippen LogP contribution >= 0.6 is 0 Å². The predicted molar refractivity (Wildman–Crippen MR) is 57.6 cm³/mol. The van der Waals surface area contributed by atoms with Crippen molar-refractivity contribution in [3.8, 4) is 0 Å². The number of rotatable bonds is 7. The standard InChI is InChI=1S/C11H21NO3/c1-7(2)5-9(6-13)12-10(11(14)15)8-3-4-8/h7-10,12-13H,3-6H2,1-2H3,(H,14,15). The van der Waals surface area contributed by atoms with Gasteiger partial charge in [-0.3, -0.25) is 10.1 Å². The number of carboxylic acids is 1. The van der Waals surface area contributed by atoms with E-state index in [4.69, 9.17) is 10.2 Å². The van der Waals surface area contributed by atoms with Gasteiger partial charge in [0, 0.05) is 6.04 Å². The van der Waals surface area contributed by atoms with Gasteiger partial charge < -0.3 is 10.2 Å². The molecule has 88 valence electrons. The van der Waals surface area contributed by atoms with Gasteiger partial charge in [0.2, 0.25) is 0 Å². The van der Waals surface area contributed by atoms with E-state index in [1.165, 1.54) is 0 Å². The van der Waals surface area contributed by atoms with E-state index < -0.39 is 12.0 Å². The minimum Gasteiger partial charge on any atom is -0.480 e. The van der Waals surface area contributed by atoms with Crippen LogP contribution in [0.4, 0.5) is 0 Å². The molecule has 4 heteroatoms. The average molecular weight is 215 g/mol. The lowest BCUT2D eigenvalue weighted by Crippen LogP contribution is -2.46. The average Bonchev–Trinajstić information content (AvgIpc) is 2.94. The van der Waals surface area contributed by atoms with Crippen molar-refractivity contribution in [1.29, 1.82) is 0 Å². The summed E-state index contributed by atoms with van der Waals surface area (Å²) in [6.07, 6.45) is 2.79. The molecule has 3 N–H and O–H groups in total. The fourth-order valence-corrected chi connectivity index (χ4v) is 1.86. The molecule has 1 rings (SSSR count). The summed E-state index contributed by atoms with van der Waals surface area (Å²) in [6, 6.07) is -0.562. The zero-order valence-electron chi connectivity index (χ0n) is 9.44. The third-order valence-electron chi connectivity index (χ3n) is 2.75. The molecule has 1 saturated carbocycles. The van der Waals surface area contributed by atoms with Crippen molar-refractivity contribution in [1.82, 2.24) is 5.32 Å². The number of hydrogen-bond acceptors (Lipinski definition) is 3. The molecule has 15 heavy (non-hydrogen) atoms. The lowest BCUT2D eigenvalue weighted by Gasteiger charge is -2.22. The Morgan fingerprint density at radius 2 is 2.07 bits per heavy atom. The summed E-state index contributed by atoms with van der Waals surface area (Å²) < 4.78 is 0. The van der Waals surface area contributed by atoms with Crippen LogP contribution in [0.3, 0.4) is 0 Å². The highest BCUT2D eigenvalue weighted by Crippen LogP contribution is 2.33. The van der Waals surface area contributed by atoms with Gasteiger partial charge in [-0.15, -0.1) is 0 Å². The number of carbonyl (C=O) groups is 1. The Morgan fingerprint density at radius 1 is 1.47 bits per heavy atom. The molecule has 2 unspecified atom stereocenters. The lowest BCUT2D eigenvalue weighted by atomic mass is 10.0. The van der Waals surface area contributed by atoms with Gasteiger partial charge in [0.15, 0.2) is 0 Å². The minimum atomic E-state index is -0.792. The molecular weight excluding hydrogens is 194 g/mol. The highest BCUT2D eigenvalue weighted by atomic mass is 16.4. The number of aliphatic carboxylic acids is 1. The molecule has 1 aliphatic rings. The third-order valence-corrected chi connectivity index (χ3v) is 2.75. The molecule has 0 radical (unpaired) electrons. The summed E-state index contributed by atoms with van der Waals surface area (Å²) in [6.45, 7) is 4.14. The monoisotopic (exact) mass is 215 g/mol. The van der Waals surface area contributed by atoms with Crippen molar-refractivity contribution >= 4 is 5.97 Å². The Kier molecular flexibility index (Phi) is 4.54. The summed E-state index contributed by atoms with van der Waals surface area (Å²) >= 11 is 0. The molecule has 0 amide bonds. The van der Waals surface area contributed by atoms with Crippen LogP contribution in [-0.2, 0) is 4.79 Å². The van der Waals surface area contributed by atoms with Crippen molar-refractivity contribution in [3.63, 3.8) is 0 Å². The zero-order chi connectivity index (χ0) is 11.4. The normalized spacial score (nSPS) is 20.3. The first-order valence-corrected chi connectivity index (χ1v) is 5.64. The van der Waals surface area contributed by atoms with Crippen molar-refractivity contribution in [2.75, 3.05) is 6.61 Å². The Balaban J connectivity index is 2.43. The van der Waals surface area contributed by atoms with Crippen molar-refractivity contribution in [2.24, 2.45) is 11.8 Å². The van der Waals surface area contributed by atoms with Gasteiger partial charge in [-0.05, 0) is 31.1 Å². The zero-order valence-corrected chi connectivity index (χ0v) is 9.44. The first-order chi connectivity index (χ1) is 7.04. The summed E-state index contributed by atoms with van der Waals surface area (Å²) in [4.78, 5) is 11.0. The van der Waals surface area contributed by atoms with Gasteiger partial charge >= 0.3 is 5.97 Å². The van der Waals surface area contributed by atoms with Crippen LogP contribution in [0, 0.1) is 11.8 Å². The second-order valence-corrected chi connectivity index (χ2v) is 4.83. The summed E-state index contributed by atoms with van der Waals surface area (Å²) in [5, 5.41) is 21.2. The van der Waals surface area contributed by atoms with Crippen LogP contribution in [0.5, 0.6) is 0 Å². The van der Waals surface area contributed by atoms with E-state index >= 15 is 0 Å². The van der Waals surface area contributed by atoms with Crippen LogP contribution in [0.15, 0.2) is 0 Å². The van der Waals surface area contributed by atoms with Gasteiger partial charge in [0.05, 0.1) is 6.61 Å². The molecule has 0 aromatic rings. The lowest BCUT2D eigenvalue weighted by molar-refractivity contribution is -0.140. The molecule has 0 aliphatic heterocycles. The first kappa shape index (κ1) is 12.5. The molecule has 0 heterocycles. The van der Waals surface area contributed by atoms with E-state index in [-0.39, 0.29) is 18.6 Å². The van der Waals surface area contributed by atoms with E-state index in [0.29, 0.717) is 5.92 Å². The number of carboxylic acid groups (broad SMARTS) is 1. The molecule has 0 saturated heterocycles. The Hall–Kier alpha value is -0.610. The van der Waals surface area contributed by atoms with Crippen LogP contribution in [-0.4, -0.2) is 34.9 Å². The fraction of sp³-hybridized carbons (Fsp3) is 0.909. The SMILES string of the molecule is CC(C)CC(CO)NC(C(=O)O)C1CC1. The van der Waals surface area contributed by atoms with Crippen molar-refractivity contribution in [3.05, 3.63) is 0 Å². The van der Waals surface area contributed by atoms with Gasteiger partial charge in [0.25, 0.3) is 0 Å². The Labute approximate surface area is 90.7 Å². The second-order valence-electron chi connectivity index (χ2n) is 4.83. The molecule has 1 fully saturated rings. The number of aliphatic hydroxyl groups is 1. The number of aliphatic hydroxyl groups excluding tert-OH is 1. The van der Waals surface area contributed by atoms with Gasteiger partial charge in [-0.1, -0.05) is 13.8 Å². The quantitative estimate of drug-likeness (QED) is 0.589. The van der Waals surface area contributed by atoms with E-state index in [2.05, 4.69) is 19.2 Å². The summed E-state index contributed by atoms with van der Waals surface area (Å²) in [5.41, 5.74) is 0. The highest BCUT2D eigenvalue weighted by Gasteiger charge is 2.37. The van der Waals surface area contributed by atoms with Crippen LogP contribution in [0.1, 0.15) is 33.1 Å². The van der Waals surface area contributed by atoms with Gasteiger partial charge in [-0.25, -0.2) is 0 Å². The van der Waals surface area contributed by atoms with Crippen molar-refractivity contribution < 1.29 is 15.0 Å². The first-order valence-electron chi connectivity index (χ1n) is 5.64. The minimum absolute atomic E-state index is 0.00861. The maximum atomic E-state index is 11.0. The molecule has 2 atom stereocenters. The maximum Gasteiger partial charge on any atom is 0.320 e. The molecule has 0 bridgehead atoms. The fourth-order valence-electron chi connectivity index (χ4n) is 1.86. The molecule has 1 aliphatic carbocycles. The van der Waals surface area contributed by atoms with E-state index in [0.717, 1.165) is 19.3 Å². The maximum absolute atomic E-state index is 11.0. The number of hydrogen-bond donors (Lipinski definition) is 3. The largest absolute Gasteiger partial charge is 0.480 e. The Bertz CT molecular complexity index is 214. The van der Waals surface area contributed by atoms with Crippen LogP contribution in [0.25, 0.3) is 0 Å². The third kappa shape index (κ3) is 4.18. The Morgan fingerprint density at radius 3 is 2.40 bits per heavy atom. The van der Waals surface area contributed by atoms with E-state index in [1.807, 2.05) is 0 Å². The van der Waals surface area contributed by atoms with Crippen LogP contribution < -0.4 is 5.32 Å². The van der Waals surface area contributed by atoms with Crippen molar-refractivity contribution in [2.45, 2.75) is 45.2 Å². The molecule has 0 aromatic heterocycles. The molecule has 0 spiro atoms. The molecule has 0 aromatic carbocycles. The van der Waals surface area contributed by atoms with E-state index in [1.54, 1.807) is 0 Å². The highest BCUT2D eigenvalue weighted by molar-refractivity contribution is 5.74. The molecular formula is C11H21NO3. The predicted octanol–water partition coefficient (Wildman–Crippen LogP) is 0.846. The summed E-state index contributed by atoms with van der Waals surface area (Å²) in [7, 11) is 0. The van der Waals surface area contributed by atoms with Gasteiger partial charge in [-0.2, -0.15) is 0 Å². The smallest absolute Gasteiger partial charge is 0.320 e.